The van der Waals surface area contributed by atoms with Gasteiger partial charge in [0.1, 0.15) is 5.60 Å². The fourth-order valence-electron chi connectivity index (χ4n) is 1.61. The van der Waals surface area contributed by atoms with E-state index in [2.05, 4.69) is 6.92 Å². The molecule has 2 heteroatoms. The lowest BCUT2D eigenvalue weighted by Gasteiger charge is -2.14. The highest BCUT2D eigenvalue weighted by Crippen LogP contribution is 2.28. The zero-order valence-corrected chi connectivity index (χ0v) is 8.22. The van der Waals surface area contributed by atoms with Gasteiger partial charge < -0.3 is 4.74 Å². The van der Waals surface area contributed by atoms with Crippen molar-refractivity contribution >= 4 is 5.78 Å². The molecule has 0 aromatic rings. The molecule has 1 aliphatic rings. The number of ketones is 1. The van der Waals surface area contributed by atoms with Gasteiger partial charge in [-0.1, -0.05) is 19.8 Å². The Labute approximate surface area is 74.3 Å². The molecule has 0 aromatic carbocycles. The Hall–Kier alpha value is -0.370. The second kappa shape index (κ2) is 3.56. The molecular weight excluding hydrogens is 152 g/mol. The van der Waals surface area contributed by atoms with Crippen LogP contribution < -0.4 is 0 Å². The lowest BCUT2D eigenvalue weighted by atomic mass is 9.92. The van der Waals surface area contributed by atoms with Gasteiger partial charge in [-0.2, -0.15) is 0 Å². The van der Waals surface area contributed by atoms with Crippen molar-refractivity contribution in [3.8, 4) is 0 Å². The molecule has 12 heavy (non-hydrogen) atoms. The summed E-state index contributed by atoms with van der Waals surface area (Å²) in [4.78, 5) is 11.6. The van der Waals surface area contributed by atoms with Gasteiger partial charge in [-0.15, -0.1) is 0 Å². The Kier molecular flexibility index (Phi) is 2.89. The van der Waals surface area contributed by atoms with Crippen LogP contribution in [-0.4, -0.2) is 18.0 Å². The number of unbranched alkanes of at least 4 members (excludes halogenated alkanes) is 1. The van der Waals surface area contributed by atoms with Crippen LogP contribution in [-0.2, 0) is 9.53 Å². The number of ether oxygens (including phenoxy) is 1. The lowest BCUT2D eigenvalue weighted by Crippen LogP contribution is -2.29. The number of hydrogen-bond acceptors (Lipinski definition) is 2. The summed E-state index contributed by atoms with van der Waals surface area (Å²) >= 11 is 0. The molecule has 0 aliphatic carbocycles. The average molecular weight is 170 g/mol. The van der Waals surface area contributed by atoms with Gasteiger partial charge in [-0.05, 0) is 20.3 Å². The Balaban J connectivity index is 2.44. The van der Waals surface area contributed by atoms with E-state index >= 15 is 0 Å². The molecule has 1 unspecified atom stereocenters. The first-order valence-electron chi connectivity index (χ1n) is 4.76. The van der Waals surface area contributed by atoms with Crippen molar-refractivity contribution < 1.29 is 9.53 Å². The molecular formula is C10H18O2. The molecule has 0 radical (unpaired) electrons. The Morgan fingerprint density at radius 2 is 2.25 bits per heavy atom. The molecule has 0 amide bonds. The number of rotatable bonds is 3. The molecule has 70 valence electrons. The van der Waals surface area contributed by atoms with Gasteiger partial charge >= 0.3 is 0 Å². The number of carbonyl (C=O) groups excluding carboxylic acids is 1. The predicted octanol–water partition coefficient (Wildman–Crippen LogP) is 2.17. The maximum atomic E-state index is 11.6. The largest absolute Gasteiger partial charge is 0.367 e. The average Bonchev–Trinajstić information content (AvgIpc) is 2.26. The van der Waals surface area contributed by atoms with Crippen LogP contribution in [0.1, 0.15) is 40.0 Å². The van der Waals surface area contributed by atoms with Gasteiger partial charge in [0.2, 0.25) is 0 Å². The van der Waals surface area contributed by atoms with Crippen molar-refractivity contribution in [1.29, 1.82) is 0 Å². The standard InChI is InChI=1S/C10H18O2/c1-4-5-6-8-7-12-10(2,3)9(8)11/h8H,4-7H2,1-3H3. The van der Waals surface area contributed by atoms with Crippen molar-refractivity contribution in [3.05, 3.63) is 0 Å². The van der Waals surface area contributed by atoms with Crippen LogP contribution >= 0.6 is 0 Å². The van der Waals surface area contributed by atoms with E-state index in [0.29, 0.717) is 6.61 Å². The summed E-state index contributed by atoms with van der Waals surface area (Å²) in [6, 6.07) is 0. The van der Waals surface area contributed by atoms with Gasteiger partial charge in [0.25, 0.3) is 0 Å². The summed E-state index contributed by atoms with van der Waals surface area (Å²) in [5.41, 5.74) is -0.515. The van der Waals surface area contributed by atoms with Crippen LogP contribution in [0.5, 0.6) is 0 Å². The van der Waals surface area contributed by atoms with E-state index < -0.39 is 5.60 Å². The number of Topliss-reactive ketones (excluding diaryl/α,β-unsaturated/α-hetero) is 1. The molecule has 1 rings (SSSR count). The van der Waals surface area contributed by atoms with Gasteiger partial charge in [0, 0.05) is 5.92 Å². The third-order valence-electron chi connectivity index (χ3n) is 2.52. The highest BCUT2D eigenvalue weighted by Gasteiger charge is 2.40. The molecule has 1 atom stereocenters. The fraction of sp³-hybridized carbons (Fsp3) is 0.900. The zero-order chi connectivity index (χ0) is 9.19. The first kappa shape index (κ1) is 9.72. The maximum absolute atomic E-state index is 11.6. The van der Waals surface area contributed by atoms with Crippen LogP contribution in [0.3, 0.4) is 0 Å². The van der Waals surface area contributed by atoms with Crippen molar-refractivity contribution in [1.82, 2.24) is 0 Å². The highest BCUT2D eigenvalue weighted by atomic mass is 16.5. The van der Waals surface area contributed by atoms with Crippen molar-refractivity contribution in [3.63, 3.8) is 0 Å². The van der Waals surface area contributed by atoms with E-state index in [-0.39, 0.29) is 11.7 Å². The summed E-state index contributed by atoms with van der Waals surface area (Å²) in [6.45, 7) is 6.50. The normalized spacial score (nSPS) is 27.9. The smallest absolute Gasteiger partial charge is 0.169 e. The molecule has 0 aromatic heterocycles. The molecule has 1 fully saturated rings. The minimum Gasteiger partial charge on any atom is -0.367 e. The second-order valence-corrected chi connectivity index (χ2v) is 4.02. The van der Waals surface area contributed by atoms with Crippen LogP contribution in [0.4, 0.5) is 0 Å². The molecule has 1 heterocycles. The van der Waals surface area contributed by atoms with E-state index in [4.69, 9.17) is 4.74 Å². The van der Waals surface area contributed by atoms with E-state index in [9.17, 15) is 4.79 Å². The first-order chi connectivity index (χ1) is 5.58. The van der Waals surface area contributed by atoms with E-state index in [1.807, 2.05) is 13.8 Å². The van der Waals surface area contributed by atoms with Gasteiger partial charge in [-0.3, -0.25) is 4.79 Å². The number of hydrogen-bond donors (Lipinski definition) is 0. The van der Waals surface area contributed by atoms with E-state index in [0.717, 1.165) is 19.3 Å². The molecule has 1 saturated heterocycles. The first-order valence-corrected chi connectivity index (χ1v) is 4.76. The Morgan fingerprint density at radius 3 is 2.67 bits per heavy atom. The van der Waals surface area contributed by atoms with E-state index in [1.165, 1.54) is 0 Å². The quantitative estimate of drug-likeness (QED) is 0.649. The SMILES string of the molecule is CCCCC1COC(C)(C)C1=O. The van der Waals surface area contributed by atoms with Gasteiger partial charge in [0.05, 0.1) is 6.61 Å². The van der Waals surface area contributed by atoms with Crippen LogP contribution in [0, 0.1) is 5.92 Å². The van der Waals surface area contributed by atoms with Gasteiger partial charge in [0.15, 0.2) is 5.78 Å². The Morgan fingerprint density at radius 1 is 1.58 bits per heavy atom. The summed E-state index contributed by atoms with van der Waals surface area (Å²) in [6.07, 6.45) is 3.29. The fourth-order valence-corrected chi connectivity index (χ4v) is 1.61. The molecule has 0 N–H and O–H groups in total. The maximum Gasteiger partial charge on any atom is 0.169 e. The van der Waals surface area contributed by atoms with Crippen molar-refractivity contribution in [2.24, 2.45) is 5.92 Å². The van der Waals surface area contributed by atoms with Crippen molar-refractivity contribution in [2.45, 2.75) is 45.6 Å². The topological polar surface area (TPSA) is 26.3 Å². The monoisotopic (exact) mass is 170 g/mol. The van der Waals surface area contributed by atoms with Crippen LogP contribution in [0.25, 0.3) is 0 Å². The summed E-state index contributed by atoms with van der Waals surface area (Å²) < 4.78 is 5.41. The second-order valence-electron chi connectivity index (χ2n) is 4.02. The third-order valence-corrected chi connectivity index (χ3v) is 2.52. The minimum absolute atomic E-state index is 0.167. The third kappa shape index (κ3) is 1.86. The molecule has 0 saturated carbocycles. The zero-order valence-electron chi connectivity index (χ0n) is 8.22. The van der Waals surface area contributed by atoms with Crippen molar-refractivity contribution in [2.75, 3.05) is 6.61 Å². The van der Waals surface area contributed by atoms with E-state index in [1.54, 1.807) is 0 Å². The van der Waals surface area contributed by atoms with Crippen LogP contribution in [0.2, 0.25) is 0 Å². The lowest BCUT2D eigenvalue weighted by molar-refractivity contribution is -0.130. The van der Waals surface area contributed by atoms with Gasteiger partial charge in [-0.25, -0.2) is 0 Å². The summed E-state index contributed by atoms with van der Waals surface area (Å²) in [5, 5.41) is 0. The molecule has 0 spiro atoms. The highest BCUT2D eigenvalue weighted by molar-refractivity contribution is 5.90. The van der Waals surface area contributed by atoms with Crippen LogP contribution in [0.15, 0.2) is 0 Å². The minimum atomic E-state index is -0.515. The molecule has 0 bridgehead atoms. The summed E-state index contributed by atoms with van der Waals surface area (Å²) in [5.74, 6) is 0.455. The summed E-state index contributed by atoms with van der Waals surface area (Å²) in [7, 11) is 0. The predicted molar refractivity (Wildman–Crippen MR) is 48.1 cm³/mol. The Bertz CT molecular complexity index is 173. The molecule has 1 aliphatic heterocycles. The molecule has 2 nitrogen and oxygen atoms in total. The number of carbonyl (C=O) groups is 1.